The summed E-state index contributed by atoms with van der Waals surface area (Å²) in [6.07, 6.45) is 15.7. The third kappa shape index (κ3) is 17.7. The van der Waals surface area contributed by atoms with E-state index in [9.17, 15) is 13.0 Å². The van der Waals surface area contributed by atoms with Crippen LogP contribution in [0, 0.1) is 6.67 Å². The number of nitrogens with zero attached hydrogens (tertiary/aromatic N) is 2. The fourth-order valence-electron chi connectivity index (χ4n) is 2.38. The first kappa shape index (κ1) is 24.1. The van der Waals surface area contributed by atoms with Crippen molar-refractivity contribution in [3.63, 3.8) is 0 Å². The molecular weight excluding hydrogens is 340 g/mol. The highest BCUT2D eigenvalue weighted by Crippen LogP contribution is 2.10. The predicted molar refractivity (Wildman–Crippen MR) is 100 cm³/mol. The van der Waals surface area contributed by atoms with Gasteiger partial charge in [-0.1, -0.05) is 64.7 Å². The summed E-state index contributed by atoms with van der Waals surface area (Å²) in [4.78, 5) is 3.91. The molecule has 147 valence electrons. The van der Waals surface area contributed by atoms with Gasteiger partial charge in [-0.05, 0) is 13.3 Å². The van der Waals surface area contributed by atoms with Gasteiger partial charge in [-0.25, -0.2) is 8.42 Å². The van der Waals surface area contributed by atoms with Gasteiger partial charge in [0.2, 0.25) is 10.4 Å². The zero-order chi connectivity index (χ0) is 19.0. The van der Waals surface area contributed by atoms with Crippen molar-refractivity contribution in [3.8, 4) is 0 Å². The summed E-state index contributed by atoms with van der Waals surface area (Å²) in [6.45, 7) is 8.40. The van der Waals surface area contributed by atoms with E-state index in [1.54, 1.807) is 0 Å². The van der Waals surface area contributed by atoms with E-state index in [-0.39, 0.29) is 6.61 Å². The van der Waals surface area contributed by atoms with E-state index in [1.165, 1.54) is 44.9 Å². The maximum absolute atomic E-state index is 10.1. The lowest BCUT2D eigenvalue weighted by atomic mass is 10.1. The van der Waals surface area contributed by atoms with Gasteiger partial charge in [-0.2, -0.15) is 0 Å². The van der Waals surface area contributed by atoms with Gasteiger partial charge in [-0.3, -0.25) is 4.18 Å². The molecule has 0 aromatic carbocycles. The van der Waals surface area contributed by atoms with Crippen molar-refractivity contribution in [3.05, 3.63) is 19.1 Å². The minimum atomic E-state index is -4.48. The molecule has 0 fully saturated rings. The van der Waals surface area contributed by atoms with Gasteiger partial charge in [0.1, 0.15) is 0 Å². The Balaban J connectivity index is 0.000000593. The molecule has 1 radical (unpaired) electrons. The van der Waals surface area contributed by atoms with E-state index >= 15 is 0 Å². The lowest BCUT2D eigenvalue weighted by molar-refractivity contribution is 0.255. The Bertz CT molecular complexity index is 427. The van der Waals surface area contributed by atoms with Crippen LogP contribution in [0.1, 0.15) is 78.1 Å². The highest BCUT2D eigenvalue weighted by molar-refractivity contribution is 7.80. The average molecular weight is 376 g/mol. The molecule has 1 aliphatic heterocycles. The molecule has 0 atom stereocenters. The molecule has 25 heavy (non-hydrogen) atoms. The van der Waals surface area contributed by atoms with Crippen LogP contribution in [-0.4, -0.2) is 43.0 Å². The normalized spacial score (nSPS) is 13.6. The van der Waals surface area contributed by atoms with Gasteiger partial charge in [0.25, 0.3) is 0 Å². The lowest BCUT2D eigenvalue weighted by Crippen LogP contribution is -2.15. The monoisotopic (exact) mass is 375 g/mol. The fraction of sp³-hybridized carbons (Fsp3) is 0.833. The minimum absolute atomic E-state index is 0.0301. The van der Waals surface area contributed by atoms with E-state index in [0.29, 0.717) is 6.42 Å². The van der Waals surface area contributed by atoms with Crippen molar-refractivity contribution < 1.29 is 17.2 Å². The SMILES string of the molecule is CCCCCCCCCCCCOS(=O)(=O)[O-].CCN1[C+]N(C)C=C1. The minimum Gasteiger partial charge on any atom is -0.726 e. The van der Waals surface area contributed by atoms with Crippen molar-refractivity contribution >= 4 is 10.4 Å². The quantitative estimate of drug-likeness (QED) is 0.209. The molecule has 0 aliphatic carbocycles. The third-order valence-electron chi connectivity index (χ3n) is 3.82. The summed E-state index contributed by atoms with van der Waals surface area (Å²) < 4.78 is 34.5. The Morgan fingerprint density at radius 2 is 1.44 bits per heavy atom. The van der Waals surface area contributed by atoms with Gasteiger partial charge in [-0.15, -0.1) is 9.80 Å². The highest BCUT2D eigenvalue weighted by Gasteiger charge is 2.25. The van der Waals surface area contributed by atoms with Crippen LogP contribution in [0.4, 0.5) is 0 Å². The summed E-state index contributed by atoms with van der Waals surface area (Å²) in [6, 6.07) is 0. The number of rotatable bonds is 13. The van der Waals surface area contributed by atoms with Crippen LogP contribution >= 0.6 is 0 Å². The molecule has 1 heterocycles. The smallest absolute Gasteiger partial charge is 0.564 e. The Morgan fingerprint density at radius 3 is 1.80 bits per heavy atom. The fourth-order valence-corrected chi connectivity index (χ4v) is 2.70. The summed E-state index contributed by atoms with van der Waals surface area (Å²) in [7, 11) is -2.52. The first-order valence-corrected chi connectivity index (χ1v) is 10.8. The molecule has 0 bridgehead atoms. The Morgan fingerprint density at radius 1 is 0.920 bits per heavy atom. The predicted octanol–water partition coefficient (Wildman–Crippen LogP) is 4.11. The molecule has 6 nitrogen and oxygen atoms in total. The van der Waals surface area contributed by atoms with Crippen LogP contribution in [0.5, 0.6) is 0 Å². The molecule has 0 aromatic rings. The van der Waals surface area contributed by atoms with Crippen molar-refractivity contribution in [2.45, 2.75) is 78.1 Å². The van der Waals surface area contributed by atoms with Gasteiger partial charge in [0, 0.05) is 0 Å². The summed E-state index contributed by atoms with van der Waals surface area (Å²) >= 11 is 0. The third-order valence-corrected chi connectivity index (χ3v) is 4.28. The van der Waals surface area contributed by atoms with Gasteiger partial charge in [0.15, 0.2) is 0 Å². The van der Waals surface area contributed by atoms with E-state index in [1.807, 2.05) is 29.2 Å². The first-order valence-electron chi connectivity index (χ1n) is 9.43. The van der Waals surface area contributed by atoms with Gasteiger partial charge >= 0.3 is 6.67 Å². The van der Waals surface area contributed by atoms with Crippen molar-refractivity contribution in [2.75, 3.05) is 20.2 Å². The Hall–Kier alpha value is -0.920. The van der Waals surface area contributed by atoms with Gasteiger partial charge in [0.05, 0.1) is 32.6 Å². The molecule has 1 rings (SSSR count). The first-order chi connectivity index (χ1) is 11.9. The molecule has 1 aliphatic rings. The Labute approximate surface area is 155 Å². The molecule has 0 aromatic heterocycles. The maximum Gasteiger partial charge on any atom is 0.564 e. The number of hydrogen-bond donors (Lipinski definition) is 0. The molecular formula is C18H35N2O4S. The molecule has 0 amide bonds. The van der Waals surface area contributed by atoms with Crippen LogP contribution in [0.15, 0.2) is 12.4 Å². The van der Waals surface area contributed by atoms with Gasteiger partial charge < -0.3 is 4.55 Å². The van der Waals surface area contributed by atoms with E-state index < -0.39 is 10.4 Å². The number of unbranched alkanes of at least 4 members (excludes halogenated alkanes) is 9. The summed E-state index contributed by atoms with van der Waals surface area (Å²) in [5.74, 6) is 0. The van der Waals surface area contributed by atoms with E-state index in [0.717, 1.165) is 19.4 Å². The zero-order valence-corrected chi connectivity index (χ0v) is 16.9. The van der Waals surface area contributed by atoms with E-state index in [2.05, 4.69) is 24.7 Å². The zero-order valence-electron chi connectivity index (χ0n) is 16.1. The lowest BCUT2D eigenvalue weighted by Gasteiger charge is -2.06. The van der Waals surface area contributed by atoms with E-state index in [4.69, 9.17) is 0 Å². The second-order valence-electron chi connectivity index (χ2n) is 6.21. The van der Waals surface area contributed by atoms with Crippen LogP contribution in [0.2, 0.25) is 0 Å². The molecule has 0 spiro atoms. The van der Waals surface area contributed by atoms with Crippen molar-refractivity contribution in [1.82, 2.24) is 9.80 Å². The van der Waals surface area contributed by atoms with Crippen LogP contribution in [0.3, 0.4) is 0 Å². The topological polar surface area (TPSA) is 72.9 Å². The average Bonchev–Trinajstić information content (AvgIpc) is 2.98. The van der Waals surface area contributed by atoms with Crippen molar-refractivity contribution in [1.29, 1.82) is 0 Å². The van der Waals surface area contributed by atoms with Crippen LogP contribution in [0.25, 0.3) is 0 Å². The summed E-state index contributed by atoms with van der Waals surface area (Å²) in [5.41, 5.74) is 0. The molecule has 7 heteroatoms. The molecule has 0 saturated heterocycles. The molecule has 0 unspecified atom stereocenters. The Kier molecular flexibility index (Phi) is 14.8. The largest absolute Gasteiger partial charge is 0.726 e. The summed E-state index contributed by atoms with van der Waals surface area (Å²) in [5, 5.41) is 0. The van der Waals surface area contributed by atoms with Crippen LogP contribution in [-0.2, 0) is 14.6 Å². The highest BCUT2D eigenvalue weighted by atomic mass is 32.3. The molecule has 0 N–H and O–H groups in total. The molecule has 0 saturated carbocycles. The van der Waals surface area contributed by atoms with Crippen molar-refractivity contribution in [2.24, 2.45) is 0 Å². The number of hydrogen-bond acceptors (Lipinski definition) is 6. The maximum atomic E-state index is 10.1. The second kappa shape index (κ2) is 15.3. The van der Waals surface area contributed by atoms with Crippen LogP contribution < -0.4 is 0 Å². The standard InChI is InChI=1S/C12H26O4S.C6H10N2/c1-2-3-4-5-6-7-8-9-10-11-12-16-17(13,14)15;1-3-8-5-4-7(2)6-8/h2-12H2,1H3,(H,13,14,15);4-5H,3H2,1-2H3/q;+1/p-1. The second-order valence-corrected chi connectivity index (χ2v) is 7.26.